The van der Waals surface area contributed by atoms with E-state index in [4.69, 9.17) is 5.26 Å². The molecule has 31 heavy (non-hydrogen) atoms. The van der Waals surface area contributed by atoms with Crippen molar-refractivity contribution in [1.82, 2.24) is 19.8 Å². The fourth-order valence-electron chi connectivity index (χ4n) is 3.91. The predicted octanol–water partition coefficient (Wildman–Crippen LogP) is 2.73. The van der Waals surface area contributed by atoms with Crippen molar-refractivity contribution in [2.45, 2.75) is 18.4 Å². The Morgan fingerprint density at radius 2 is 2.06 bits per heavy atom. The Labute approximate surface area is 176 Å². The van der Waals surface area contributed by atoms with Gasteiger partial charge in [-0.05, 0) is 12.1 Å². The predicted molar refractivity (Wildman–Crippen MR) is 109 cm³/mol. The van der Waals surface area contributed by atoms with Crippen LogP contribution in [0.4, 0.5) is 8.78 Å². The number of aromatic nitrogens is 2. The van der Waals surface area contributed by atoms with Gasteiger partial charge in [0.2, 0.25) is 5.91 Å². The van der Waals surface area contributed by atoms with Gasteiger partial charge in [-0.25, -0.2) is 8.78 Å². The molecule has 0 spiro atoms. The van der Waals surface area contributed by atoms with Crippen molar-refractivity contribution in [2.75, 3.05) is 13.1 Å². The molecule has 0 aliphatic carbocycles. The molecule has 1 N–H and O–H groups in total. The normalized spacial score (nSPS) is 17.5. The van der Waals surface area contributed by atoms with Crippen LogP contribution in [-0.2, 0) is 11.8 Å². The lowest BCUT2D eigenvalue weighted by molar-refractivity contribution is -0.131. The second kappa shape index (κ2) is 7.80. The average Bonchev–Trinajstić information content (AvgIpc) is 3.28. The molecule has 3 aromatic rings. The van der Waals surface area contributed by atoms with Gasteiger partial charge in [0.05, 0.1) is 24.7 Å². The number of pyridine rings is 1. The van der Waals surface area contributed by atoms with Crippen molar-refractivity contribution in [3.63, 3.8) is 0 Å². The van der Waals surface area contributed by atoms with Crippen LogP contribution >= 0.6 is 0 Å². The number of para-hydroxylation sites is 1. The number of halogens is 2. The minimum atomic E-state index is -3.10. The number of aryl methyl sites for hydroxylation is 1. The highest BCUT2D eigenvalue weighted by Gasteiger charge is 2.47. The lowest BCUT2D eigenvalue weighted by Gasteiger charge is -2.19. The molecule has 1 aromatic carbocycles. The molecule has 0 unspecified atom stereocenters. The maximum Gasteiger partial charge on any atom is 0.268 e. The monoisotopic (exact) mass is 423 g/mol. The van der Waals surface area contributed by atoms with Gasteiger partial charge < -0.3 is 14.8 Å². The van der Waals surface area contributed by atoms with Gasteiger partial charge in [-0.1, -0.05) is 18.2 Å². The molecule has 1 atom stereocenters. The molecular weight excluding hydrogens is 404 g/mol. The zero-order valence-electron chi connectivity index (χ0n) is 16.7. The highest BCUT2D eigenvalue weighted by molar-refractivity contribution is 6.06. The summed E-state index contributed by atoms with van der Waals surface area (Å²) in [5.74, 6) is -4.36. The number of likely N-dealkylation sites (tertiary alicyclic amines) is 1. The third-order valence-electron chi connectivity index (χ3n) is 5.39. The molecule has 7 nitrogen and oxygen atoms in total. The van der Waals surface area contributed by atoms with Crippen LogP contribution in [0.25, 0.3) is 22.0 Å². The highest BCUT2D eigenvalue weighted by Crippen LogP contribution is 2.33. The van der Waals surface area contributed by atoms with Crippen LogP contribution in [-0.4, -0.2) is 51.3 Å². The van der Waals surface area contributed by atoms with Gasteiger partial charge in [-0.3, -0.25) is 14.6 Å². The summed E-state index contributed by atoms with van der Waals surface area (Å²) in [6, 6.07) is 9.79. The number of rotatable bonds is 4. The first-order valence-corrected chi connectivity index (χ1v) is 9.64. The van der Waals surface area contributed by atoms with Crippen LogP contribution in [0.5, 0.6) is 0 Å². The first-order valence-electron chi connectivity index (χ1n) is 9.64. The van der Waals surface area contributed by atoms with Crippen molar-refractivity contribution < 1.29 is 18.4 Å². The summed E-state index contributed by atoms with van der Waals surface area (Å²) < 4.78 is 29.1. The number of nitriles is 1. The zero-order valence-corrected chi connectivity index (χ0v) is 16.7. The molecule has 2 amide bonds. The fourth-order valence-corrected chi connectivity index (χ4v) is 3.91. The fraction of sp³-hybridized carbons (Fsp3) is 0.273. The van der Waals surface area contributed by atoms with Gasteiger partial charge in [-0.15, -0.1) is 0 Å². The second-order valence-electron chi connectivity index (χ2n) is 7.50. The molecule has 1 fully saturated rings. The molecule has 1 saturated heterocycles. The minimum Gasteiger partial charge on any atom is -0.350 e. The zero-order chi connectivity index (χ0) is 22.2. The van der Waals surface area contributed by atoms with Gasteiger partial charge in [-0.2, -0.15) is 5.26 Å². The summed E-state index contributed by atoms with van der Waals surface area (Å²) in [5.41, 5.74) is 2.70. The Balaban J connectivity index is 1.56. The molecule has 4 rings (SSSR count). The molecule has 0 saturated carbocycles. The van der Waals surface area contributed by atoms with Gasteiger partial charge in [0.25, 0.3) is 11.8 Å². The first-order chi connectivity index (χ1) is 14.8. The van der Waals surface area contributed by atoms with Crippen molar-refractivity contribution in [1.29, 1.82) is 5.26 Å². The highest BCUT2D eigenvalue weighted by atomic mass is 19.3. The molecule has 1 aliphatic rings. The van der Waals surface area contributed by atoms with Crippen LogP contribution < -0.4 is 5.32 Å². The largest absolute Gasteiger partial charge is 0.350 e. The molecule has 0 radical (unpaired) electrons. The molecular formula is C22H19F2N5O2. The number of benzene rings is 1. The van der Waals surface area contributed by atoms with Crippen LogP contribution in [0.3, 0.4) is 0 Å². The maximum atomic E-state index is 13.6. The summed E-state index contributed by atoms with van der Waals surface area (Å²) in [6.07, 6.45) is 4.25. The second-order valence-corrected chi connectivity index (χ2v) is 7.50. The minimum absolute atomic E-state index is 0.308. The standard InChI is InChI=1S/C22H19F2N5O2/c1-28-12-18(15-4-2-3-5-19(15)28)17-10-26-7-6-16(17)21(31)27-11-20(30)29-13-22(23,24)8-14(29)9-25/h2-7,10,12,14H,8,11,13H2,1H3,(H,27,31)/t14-/m0/s1. The van der Waals surface area contributed by atoms with Crippen molar-refractivity contribution in [2.24, 2.45) is 7.05 Å². The lowest BCUT2D eigenvalue weighted by atomic mass is 10.0. The molecule has 158 valence electrons. The van der Waals surface area contributed by atoms with E-state index in [0.29, 0.717) is 11.1 Å². The van der Waals surface area contributed by atoms with Crippen LogP contribution in [0, 0.1) is 11.3 Å². The van der Waals surface area contributed by atoms with Crippen LogP contribution in [0.2, 0.25) is 0 Å². The van der Waals surface area contributed by atoms with Crippen LogP contribution in [0.1, 0.15) is 16.8 Å². The van der Waals surface area contributed by atoms with E-state index in [1.165, 1.54) is 6.20 Å². The Bertz CT molecular complexity index is 1210. The quantitative estimate of drug-likeness (QED) is 0.699. The lowest BCUT2D eigenvalue weighted by Crippen LogP contribution is -2.43. The molecule has 9 heteroatoms. The molecule has 0 bridgehead atoms. The van der Waals surface area contributed by atoms with Gasteiger partial charge in [0, 0.05) is 54.1 Å². The number of fused-ring (bicyclic) bond motifs is 1. The summed E-state index contributed by atoms with van der Waals surface area (Å²) in [6.45, 7) is -1.30. The number of hydrogen-bond acceptors (Lipinski definition) is 4. The summed E-state index contributed by atoms with van der Waals surface area (Å²) in [5, 5.41) is 12.5. The third-order valence-corrected chi connectivity index (χ3v) is 5.39. The van der Waals surface area contributed by atoms with E-state index in [0.717, 1.165) is 21.4 Å². The molecule has 2 aromatic heterocycles. The maximum absolute atomic E-state index is 13.6. The third kappa shape index (κ3) is 3.84. The van der Waals surface area contributed by atoms with E-state index in [1.807, 2.05) is 42.1 Å². The average molecular weight is 423 g/mol. The van der Waals surface area contributed by atoms with Crippen molar-refractivity contribution >= 4 is 22.7 Å². The van der Waals surface area contributed by atoms with E-state index in [9.17, 15) is 18.4 Å². The van der Waals surface area contributed by atoms with E-state index in [2.05, 4.69) is 10.3 Å². The number of nitrogens with one attached hydrogen (secondary N) is 1. The summed E-state index contributed by atoms with van der Waals surface area (Å²) >= 11 is 0. The van der Waals surface area contributed by atoms with Gasteiger partial charge in [0.1, 0.15) is 6.04 Å². The van der Waals surface area contributed by atoms with E-state index < -0.39 is 43.3 Å². The SMILES string of the molecule is Cn1cc(-c2cnccc2C(=O)NCC(=O)N2CC(F)(F)C[C@H]2C#N)c2ccccc21. The molecule has 3 heterocycles. The van der Waals surface area contributed by atoms with Gasteiger partial charge in [0.15, 0.2) is 0 Å². The Kier molecular flexibility index (Phi) is 5.15. The number of carbonyl (C=O) groups is 2. The Hall–Kier alpha value is -3.80. The van der Waals surface area contributed by atoms with Crippen LogP contribution in [0.15, 0.2) is 48.9 Å². The first kappa shape index (κ1) is 20.5. The van der Waals surface area contributed by atoms with Crippen molar-refractivity contribution in [3.05, 3.63) is 54.5 Å². The van der Waals surface area contributed by atoms with E-state index in [-0.39, 0.29) is 0 Å². The Morgan fingerprint density at radius 1 is 1.29 bits per heavy atom. The van der Waals surface area contributed by atoms with E-state index >= 15 is 0 Å². The topological polar surface area (TPSA) is 91.0 Å². The number of amides is 2. The number of carbonyl (C=O) groups excluding carboxylic acids is 2. The summed E-state index contributed by atoms with van der Waals surface area (Å²) in [7, 11) is 1.90. The molecule has 1 aliphatic heterocycles. The Morgan fingerprint density at radius 3 is 2.84 bits per heavy atom. The number of hydrogen-bond donors (Lipinski definition) is 1. The van der Waals surface area contributed by atoms with Crippen molar-refractivity contribution in [3.8, 4) is 17.2 Å². The van der Waals surface area contributed by atoms with Gasteiger partial charge >= 0.3 is 0 Å². The smallest absolute Gasteiger partial charge is 0.268 e. The van der Waals surface area contributed by atoms with E-state index in [1.54, 1.807) is 18.3 Å². The number of alkyl halides is 2. The summed E-state index contributed by atoms with van der Waals surface area (Å²) in [4.78, 5) is 30.2. The number of nitrogens with zero attached hydrogens (tertiary/aromatic N) is 4.